The van der Waals surface area contributed by atoms with Gasteiger partial charge in [-0.25, -0.2) is 9.97 Å². The Balaban J connectivity index is 2.03. The Kier molecular flexibility index (Phi) is 3.09. The van der Waals surface area contributed by atoms with Crippen LogP contribution in [0.25, 0.3) is 11.0 Å². The summed E-state index contributed by atoms with van der Waals surface area (Å²) in [4.78, 5) is 11.5. The molecular weight excluding hydrogens is 262 g/mol. The maximum Gasteiger partial charge on any atom is 0.137 e. The smallest absolute Gasteiger partial charge is 0.137 e. The van der Waals surface area contributed by atoms with Crippen LogP contribution in [0.2, 0.25) is 5.15 Å². The summed E-state index contributed by atoms with van der Waals surface area (Å²) in [5, 5.41) is 1.58. The predicted octanol–water partition coefficient (Wildman–Crippen LogP) is 3.21. The molecule has 5 heteroatoms. The number of H-pyrrole nitrogens is 1. The van der Waals surface area contributed by atoms with E-state index in [1.807, 2.05) is 24.4 Å². The molecule has 19 heavy (non-hydrogen) atoms. The molecule has 0 aliphatic rings. The lowest BCUT2D eigenvalue weighted by Gasteiger charge is -2.03. The van der Waals surface area contributed by atoms with E-state index in [4.69, 9.17) is 16.3 Å². The van der Waals surface area contributed by atoms with Crippen molar-refractivity contribution in [2.75, 3.05) is 7.11 Å². The lowest BCUT2D eigenvalue weighted by molar-refractivity contribution is 0.413. The predicted molar refractivity (Wildman–Crippen MR) is 74.7 cm³/mol. The van der Waals surface area contributed by atoms with Gasteiger partial charge in [0, 0.05) is 24.2 Å². The molecule has 4 nitrogen and oxygen atoms in total. The van der Waals surface area contributed by atoms with Crippen molar-refractivity contribution in [3.8, 4) is 5.75 Å². The first-order valence-corrected chi connectivity index (χ1v) is 6.25. The molecule has 96 valence electrons. The Morgan fingerprint density at radius 2 is 2.21 bits per heavy atom. The van der Waals surface area contributed by atoms with Crippen LogP contribution in [0.15, 0.2) is 36.8 Å². The number of aromatic amines is 1. The summed E-state index contributed by atoms with van der Waals surface area (Å²) in [6.45, 7) is 0. The first-order valence-electron chi connectivity index (χ1n) is 5.87. The molecule has 3 aromatic rings. The van der Waals surface area contributed by atoms with E-state index in [9.17, 15) is 0 Å². The number of hydrogen-bond acceptors (Lipinski definition) is 3. The quantitative estimate of drug-likeness (QED) is 0.746. The number of halogens is 1. The molecule has 0 saturated carbocycles. The minimum atomic E-state index is 0.535. The van der Waals surface area contributed by atoms with Gasteiger partial charge in [-0.1, -0.05) is 17.7 Å². The van der Waals surface area contributed by atoms with Gasteiger partial charge < -0.3 is 9.72 Å². The highest BCUT2D eigenvalue weighted by Crippen LogP contribution is 2.25. The summed E-state index contributed by atoms with van der Waals surface area (Å²) in [6.07, 6.45) is 6.03. The number of nitrogens with one attached hydrogen (secondary N) is 1. The van der Waals surface area contributed by atoms with E-state index in [0.717, 1.165) is 27.9 Å². The van der Waals surface area contributed by atoms with Crippen LogP contribution in [0, 0.1) is 0 Å². The van der Waals surface area contributed by atoms with Crippen molar-refractivity contribution < 1.29 is 4.74 Å². The van der Waals surface area contributed by atoms with E-state index in [1.165, 1.54) is 0 Å². The molecule has 0 unspecified atom stereocenters. The number of fused-ring (bicyclic) bond motifs is 1. The van der Waals surface area contributed by atoms with Gasteiger partial charge in [0.1, 0.15) is 16.5 Å². The largest absolute Gasteiger partial charge is 0.495 e. The lowest BCUT2D eigenvalue weighted by Crippen LogP contribution is -1.90. The number of aromatic nitrogens is 3. The topological polar surface area (TPSA) is 50.8 Å². The van der Waals surface area contributed by atoms with Crippen molar-refractivity contribution in [3.63, 3.8) is 0 Å². The number of hydrogen-bond donors (Lipinski definition) is 1. The van der Waals surface area contributed by atoms with Crippen LogP contribution in [0.4, 0.5) is 0 Å². The third-order valence-corrected chi connectivity index (χ3v) is 3.38. The minimum absolute atomic E-state index is 0.535. The van der Waals surface area contributed by atoms with Crippen LogP contribution in [-0.4, -0.2) is 22.1 Å². The third kappa shape index (κ3) is 2.27. The van der Waals surface area contributed by atoms with E-state index in [2.05, 4.69) is 15.0 Å². The summed E-state index contributed by atoms with van der Waals surface area (Å²) >= 11 is 6.09. The zero-order chi connectivity index (χ0) is 13.2. The van der Waals surface area contributed by atoms with Gasteiger partial charge in [0.2, 0.25) is 0 Å². The Morgan fingerprint density at radius 1 is 1.32 bits per heavy atom. The standard InChI is InChI=1S/C14H12ClN3O/c1-19-11-6-12-10(7-17-14(12)18-8-11)5-9-3-2-4-16-13(9)15/h2-4,6-8H,5H2,1H3,(H,17,18). The number of rotatable bonds is 3. The van der Waals surface area contributed by atoms with E-state index in [0.29, 0.717) is 11.6 Å². The Bertz CT molecular complexity index is 724. The van der Waals surface area contributed by atoms with Crippen molar-refractivity contribution in [1.29, 1.82) is 0 Å². The summed E-state index contributed by atoms with van der Waals surface area (Å²) < 4.78 is 5.21. The fraction of sp³-hybridized carbons (Fsp3) is 0.143. The van der Waals surface area contributed by atoms with Crippen LogP contribution in [0.3, 0.4) is 0 Å². The third-order valence-electron chi connectivity index (χ3n) is 3.04. The van der Waals surface area contributed by atoms with Gasteiger partial charge in [-0.15, -0.1) is 0 Å². The van der Waals surface area contributed by atoms with E-state index >= 15 is 0 Å². The van der Waals surface area contributed by atoms with Crippen LogP contribution in [0.1, 0.15) is 11.1 Å². The van der Waals surface area contributed by atoms with Crippen LogP contribution in [0.5, 0.6) is 5.75 Å². The van der Waals surface area contributed by atoms with Crippen LogP contribution in [-0.2, 0) is 6.42 Å². The number of ether oxygens (including phenoxy) is 1. The monoisotopic (exact) mass is 273 g/mol. The van der Waals surface area contributed by atoms with Gasteiger partial charge >= 0.3 is 0 Å². The Hall–Kier alpha value is -2.07. The average Bonchev–Trinajstić information content (AvgIpc) is 2.84. The molecular formula is C14H12ClN3O. The highest BCUT2D eigenvalue weighted by molar-refractivity contribution is 6.30. The lowest BCUT2D eigenvalue weighted by atomic mass is 10.1. The van der Waals surface area contributed by atoms with Gasteiger partial charge in [-0.2, -0.15) is 0 Å². The van der Waals surface area contributed by atoms with E-state index in [-0.39, 0.29) is 0 Å². The molecule has 0 radical (unpaired) electrons. The molecule has 0 aliphatic carbocycles. The van der Waals surface area contributed by atoms with Crippen molar-refractivity contribution in [3.05, 3.63) is 53.1 Å². The van der Waals surface area contributed by atoms with Crippen molar-refractivity contribution in [2.45, 2.75) is 6.42 Å². The van der Waals surface area contributed by atoms with E-state index < -0.39 is 0 Å². The first-order chi connectivity index (χ1) is 9.28. The minimum Gasteiger partial charge on any atom is -0.495 e. The van der Waals surface area contributed by atoms with Crippen LogP contribution < -0.4 is 4.74 Å². The second-order valence-electron chi connectivity index (χ2n) is 4.22. The zero-order valence-corrected chi connectivity index (χ0v) is 11.1. The molecule has 0 amide bonds. The molecule has 0 bridgehead atoms. The molecule has 0 fully saturated rings. The molecule has 3 aromatic heterocycles. The molecule has 0 aromatic carbocycles. The number of nitrogens with zero attached hydrogens (tertiary/aromatic N) is 2. The van der Waals surface area contributed by atoms with Gasteiger partial charge in [-0.05, 0) is 23.3 Å². The summed E-state index contributed by atoms with van der Waals surface area (Å²) in [7, 11) is 1.63. The van der Waals surface area contributed by atoms with Gasteiger partial charge in [0.05, 0.1) is 13.3 Å². The van der Waals surface area contributed by atoms with Crippen molar-refractivity contribution in [1.82, 2.24) is 15.0 Å². The average molecular weight is 274 g/mol. The molecule has 0 spiro atoms. The summed E-state index contributed by atoms with van der Waals surface area (Å²) in [6, 6.07) is 5.83. The van der Waals surface area contributed by atoms with Crippen LogP contribution >= 0.6 is 11.6 Å². The second kappa shape index (κ2) is 4.90. The maximum absolute atomic E-state index is 6.09. The maximum atomic E-state index is 6.09. The number of pyridine rings is 2. The SMILES string of the molecule is COc1cnc2[nH]cc(Cc3cccnc3Cl)c2c1. The molecule has 3 rings (SSSR count). The normalized spacial score (nSPS) is 10.8. The molecule has 1 N–H and O–H groups in total. The zero-order valence-electron chi connectivity index (χ0n) is 10.4. The molecule has 0 atom stereocenters. The van der Waals surface area contributed by atoms with E-state index in [1.54, 1.807) is 19.5 Å². The van der Waals surface area contributed by atoms with Crippen molar-refractivity contribution in [2.24, 2.45) is 0 Å². The summed E-state index contributed by atoms with van der Waals surface area (Å²) in [5.41, 5.74) is 2.96. The highest BCUT2D eigenvalue weighted by Gasteiger charge is 2.09. The van der Waals surface area contributed by atoms with Gasteiger partial charge in [0.15, 0.2) is 0 Å². The molecule has 0 saturated heterocycles. The highest BCUT2D eigenvalue weighted by atomic mass is 35.5. The fourth-order valence-electron chi connectivity index (χ4n) is 2.05. The number of methoxy groups -OCH3 is 1. The Morgan fingerprint density at radius 3 is 3.00 bits per heavy atom. The molecule has 3 heterocycles. The fourth-order valence-corrected chi connectivity index (χ4v) is 2.24. The Labute approximate surface area is 115 Å². The first kappa shape index (κ1) is 12.0. The summed E-state index contributed by atoms with van der Waals surface area (Å²) in [5.74, 6) is 0.741. The second-order valence-corrected chi connectivity index (χ2v) is 4.57. The van der Waals surface area contributed by atoms with Crippen molar-refractivity contribution >= 4 is 22.6 Å². The molecule has 0 aliphatic heterocycles. The van der Waals surface area contributed by atoms with Gasteiger partial charge in [-0.3, -0.25) is 0 Å². The van der Waals surface area contributed by atoms with Gasteiger partial charge in [0.25, 0.3) is 0 Å².